The molecule has 0 atom stereocenters. The van der Waals surface area contributed by atoms with Crippen LogP contribution in [0, 0.1) is 0 Å². The summed E-state index contributed by atoms with van der Waals surface area (Å²) in [5.41, 5.74) is 0.0559. The van der Waals surface area contributed by atoms with Crippen LogP contribution in [-0.2, 0) is 4.74 Å². The van der Waals surface area contributed by atoms with Crippen molar-refractivity contribution in [2.24, 2.45) is 0 Å². The van der Waals surface area contributed by atoms with Crippen LogP contribution in [0.3, 0.4) is 0 Å². The molecule has 0 aliphatic carbocycles. The normalized spacial score (nSPS) is 9.42. The highest BCUT2D eigenvalue weighted by Crippen LogP contribution is 2.01. The van der Waals surface area contributed by atoms with Crippen LogP contribution in [0.5, 0.6) is 0 Å². The van der Waals surface area contributed by atoms with Gasteiger partial charge < -0.3 is 9.84 Å². The van der Waals surface area contributed by atoms with Crippen LogP contribution >= 0.6 is 0 Å². The number of carbonyl (C=O) groups excluding carboxylic acids is 1. The molecule has 12 heavy (non-hydrogen) atoms. The number of hydrogen-bond acceptors (Lipinski definition) is 3. The van der Waals surface area contributed by atoms with Crippen molar-refractivity contribution in [1.82, 2.24) is 4.57 Å². The highest BCUT2D eigenvalue weighted by molar-refractivity contribution is 5.88. The van der Waals surface area contributed by atoms with E-state index in [0.717, 1.165) is 4.57 Å². The molecular weight excluding hydrogens is 162 g/mol. The summed E-state index contributed by atoms with van der Waals surface area (Å²) in [7, 11) is 1.22. The van der Waals surface area contributed by atoms with Crippen molar-refractivity contribution in [3.8, 4) is 0 Å². The van der Waals surface area contributed by atoms with E-state index < -0.39 is 12.1 Å². The van der Waals surface area contributed by atoms with Gasteiger partial charge in [-0.1, -0.05) is 0 Å². The van der Waals surface area contributed by atoms with E-state index in [9.17, 15) is 9.59 Å². The Labute approximate surface area is 68.2 Å². The number of rotatable bonds is 1. The molecule has 0 saturated carbocycles. The largest absolute Gasteiger partial charge is 0.478 e. The van der Waals surface area contributed by atoms with E-state index in [0.29, 0.717) is 0 Å². The number of aromatic nitrogens is 1. The van der Waals surface area contributed by atoms with Crippen molar-refractivity contribution in [3.05, 3.63) is 24.0 Å². The van der Waals surface area contributed by atoms with E-state index in [-0.39, 0.29) is 5.56 Å². The zero-order valence-electron chi connectivity index (χ0n) is 6.35. The zero-order valence-corrected chi connectivity index (χ0v) is 6.35. The van der Waals surface area contributed by atoms with Crippen LogP contribution in [0.1, 0.15) is 10.4 Å². The number of methoxy groups -OCH3 is 1. The molecule has 1 aromatic rings. The maximum atomic E-state index is 10.8. The number of carboxylic acid groups (broad SMARTS) is 1. The zero-order chi connectivity index (χ0) is 9.14. The molecule has 0 aliphatic rings. The molecule has 1 aromatic heterocycles. The Morgan fingerprint density at radius 1 is 1.58 bits per heavy atom. The molecule has 0 unspecified atom stereocenters. The fourth-order valence-electron chi connectivity index (χ4n) is 0.742. The Bertz CT molecular complexity index is 315. The summed E-state index contributed by atoms with van der Waals surface area (Å²) in [5, 5.41) is 8.49. The highest BCUT2D eigenvalue weighted by atomic mass is 16.5. The van der Waals surface area contributed by atoms with E-state index in [1.165, 1.54) is 25.6 Å². The van der Waals surface area contributed by atoms with Crippen LogP contribution in [0.2, 0.25) is 0 Å². The van der Waals surface area contributed by atoms with E-state index in [2.05, 4.69) is 4.74 Å². The summed E-state index contributed by atoms with van der Waals surface area (Å²) in [4.78, 5) is 21.2. The van der Waals surface area contributed by atoms with Gasteiger partial charge in [0.05, 0.1) is 12.7 Å². The van der Waals surface area contributed by atoms with Gasteiger partial charge in [0.25, 0.3) is 0 Å². The van der Waals surface area contributed by atoms with E-state index in [1.54, 1.807) is 0 Å². The molecule has 1 heterocycles. The standard InChI is InChI=1S/C7H7NO4/c1-12-7(11)8-3-2-5(4-8)6(9)10/h2-4H,1H3,(H,9,10). The molecule has 0 amide bonds. The summed E-state index contributed by atoms with van der Waals surface area (Å²) in [5.74, 6) is -1.07. The minimum atomic E-state index is -1.07. The van der Waals surface area contributed by atoms with E-state index in [1.807, 2.05) is 0 Å². The maximum Gasteiger partial charge on any atom is 0.417 e. The Balaban J connectivity index is 2.91. The van der Waals surface area contributed by atoms with Gasteiger partial charge in [-0.25, -0.2) is 9.59 Å². The maximum absolute atomic E-state index is 10.8. The van der Waals surface area contributed by atoms with Gasteiger partial charge in [-0.15, -0.1) is 0 Å². The Morgan fingerprint density at radius 3 is 2.67 bits per heavy atom. The molecule has 0 aromatic carbocycles. The average Bonchev–Trinajstić information content (AvgIpc) is 2.51. The number of aromatic carboxylic acids is 1. The Kier molecular flexibility index (Phi) is 2.14. The lowest BCUT2D eigenvalue weighted by Gasteiger charge is -1.96. The van der Waals surface area contributed by atoms with Crippen molar-refractivity contribution < 1.29 is 19.4 Å². The average molecular weight is 169 g/mol. The van der Waals surface area contributed by atoms with Crippen LogP contribution in [0.4, 0.5) is 4.79 Å². The fraction of sp³-hybridized carbons (Fsp3) is 0.143. The second-order valence-electron chi connectivity index (χ2n) is 2.08. The topological polar surface area (TPSA) is 68.5 Å². The molecule has 1 N–H and O–H groups in total. The lowest BCUT2D eigenvalue weighted by atomic mass is 10.4. The number of carboxylic acids is 1. The van der Waals surface area contributed by atoms with Crippen molar-refractivity contribution in [2.75, 3.05) is 7.11 Å². The van der Waals surface area contributed by atoms with Gasteiger partial charge in [-0.3, -0.25) is 4.57 Å². The summed E-state index contributed by atoms with van der Waals surface area (Å²) in [6, 6.07) is 1.32. The lowest BCUT2D eigenvalue weighted by Crippen LogP contribution is -2.08. The number of ether oxygens (including phenoxy) is 1. The molecule has 5 heteroatoms. The number of hydrogen-bond donors (Lipinski definition) is 1. The lowest BCUT2D eigenvalue weighted by molar-refractivity contribution is 0.0697. The van der Waals surface area contributed by atoms with Crippen molar-refractivity contribution in [3.63, 3.8) is 0 Å². The van der Waals surface area contributed by atoms with Crippen LogP contribution in [0.15, 0.2) is 18.5 Å². The van der Waals surface area contributed by atoms with Gasteiger partial charge in [0.2, 0.25) is 0 Å². The Hall–Kier alpha value is -1.78. The second kappa shape index (κ2) is 3.08. The molecule has 1 rings (SSSR count). The molecule has 0 spiro atoms. The quantitative estimate of drug-likeness (QED) is 0.675. The minimum Gasteiger partial charge on any atom is -0.478 e. The highest BCUT2D eigenvalue weighted by Gasteiger charge is 2.08. The van der Waals surface area contributed by atoms with Gasteiger partial charge in [0.1, 0.15) is 0 Å². The van der Waals surface area contributed by atoms with Crippen molar-refractivity contribution in [1.29, 1.82) is 0 Å². The minimum absolute atomic E-state index is 0.0559. The third-order valence-electron chi connectivity index (χ3n) is 1.33. The van der Waals surface area contributed by atoms with Gasteiger partial charge in [-0.05, 0) is 6.07 Å². The summed E-state index contributed by atoms with van der Waals surface area (Å²) < 4.78 is 5.42. The summed E-state index contributed by atoms with van der Waals surface area (Å²) in [6.45, 7) is 0. The Morgan fingerprint density at radius 2 is 2.25 bits per heavy atom. The third-order valence-corrected chi connectivity index (χ3v) is 1.33. The molecule has 0 bridgehead atoms. The predicted molar refractivity (Wildman–Crippen MR) is 39.2 cm³/mol. The molecule has 0 radical (unpaired) electrons. The second-order valence-corrected chi connectivity index (χ2v) is 2.08. The molecule has 64 valence electrons. The van der Waals surface area contributed by atoms with Crippen molar-refractivity contribution in [2.45, 2.75) is 0 Å². The first-order valence-corrected chi connectivity index (χ1v) is 3.14. The summed E-state index contributed by atoms with van der Waals surface area (Å²) in [6.07, 6.45) is 1.91. The van der Waals surface area contributed by atoms with Gasteiger partial charge >= 0.3 is 12.1 Å². The van der Waals surface area contributed by atoms with Crippen LogP contribution in [0.25, 0.3) is 0 Å². The molecule has 0 fully saturated rings. The van der Waals surface area contributed by atoms with Crippen LogP contribution in [-0.4, -0.2) is 28.8 Å². The van der Waals surface area contributed by atoms with Gasteiger partial charge in [-0.2, -0.15) is 0 Å². The van der Waals surface area contributed by atoms with Crippen LogP contribution < -0.4 is 0 Å². The van der Waals surface area contributed by atoms with Gasteiger partial charge in [0.15, 0.2) is 0 Å². The monoisotopic (exact) mass is 169 g/mol. The first-order chi connectivity index (χ1) is 5.65. The van der Waals surface area contributed by atoms with Crippen molar-refractivity contribution >= 4 is 12.1 Å². The fourth-order valence-corrected chi connectivity index (χ4v) is 0.742. The van der Waals surface area contributed by atoms with E-state index in [4.69, 9.17) is 5.11 Å². The smallest absolute Gasteiger partial charge is 0.417 e. The molecule has 5 nitrogen and oxygen atoms in total. The SMILES string of the molecule is COC(=O)n1ccc(C(=O)O)c1. The summed E-state index contributed by atoms with van der Waals surface area (Å²) >= 11 is 0. The first kappa shape index (κ1) is 8.32. The molecule has 0 aliphatic heterocycles. The number of nitrogens with zero attached hydrogens (tertiary/aromatic N) is 1. The predicted octanol–water partition coefficient (Wildman–Crippen LogP) is 0.801. The number of carbonyl (C=O) groups is 2. The first-order valence-electron chi connectivity index (χ1n) is 3.14. The third kappa shape index (κ3) is 1.45. The van der Waals surface area contributed by atoms with Gasteiger partial charge in [0, 0.05) is 12.4 Å². The molecule has 0 saturated heterocycles. The van der Waals surface area contributed by atoms with E-state index >= 15 is 0 Å². The molecular formula is C7H7NO4.